The van der Waals surface area contributed by atoms with Gasteiger partial charge in [-0.15, -0.1) is 0 Å². The van der Waals surface area contributed by atoms with Crippen molar-refractivity contribution in [1.82, 2.24) is 0 Å². The van der Waals surface area contributed by atoms with Gasteiger partial charge >= 0.3 is 11.9 Å². The summed E-state index contributed by atoms with van der Waals surface area (Å²) in [5, 5.41) is 18.3. The zero-order valence-corrected chi connectivity index (χ0v) is 10.3. The van der Waals surface area contributed by atoms with Crippen molar-refractivity contribution >= 4 is 11.9 Å². The molecule has 0 atom stereocenters. The van der Waals surface area contributed by atoms with Crippen LogP contribution in [-0.2, 0) is 0 Å². The summed E-state index contributed by atoms with van der Waals surface area (Å²) in [7, 11) is 0. The highest BCUT2D eigenvalue weighted by Gasteiger charge is 2.20. The molecule has 0 aliphatic heterocycles. The van der Waals surface area contributed by atoms with Gasteiger partial charge in [-0.2, -0.15) is 0 Å². The van der Waals surface area contributed by atoms with Gasteiger partial charge in [0.15, 0.2) is 0 Å². The van der Waals surface area contributed by atoms with Crippen molar-refractivity contribution in [2.24, 2.45) is 0 Å². The number of aryl methyl sites for hydroxylation is 1. The summed E-state index contributed by atoms with van der Waals surface area (Å²) < 4.78 is 0. The Bertz CT molecular complexity index is 642. The van der Waals surface area contributed by atoms with Crippen molar-refractivity contribution in [3.63, 3.8) is 0 Å². The lowest BCUT2D eigenvalue weighted by atomic mass is 9.95. The van der Waals surface area contributed by atoms with Crippen LogP contribution in [0.1, 0.15) is 26.3 Å². The summed E-state index contributed by atoms with van der Waals surface area (Å²) in [6.45, 7) is 1.93. The third-order valence-electron chi connectivity index (χ3n) is 2.87. The van der Waals surface area contributed by atoms with Crippen molar-refractivity contribution in [2.75, 3.05) is 0 Å². The van der Waals surface area contributed by atoms with Crippen LogP contribution in [0.25, 0.3) is 11.1 Å². The zero-order valence-electron chi connectivity index (χ0n) is 10.3. The first-order chi connectivity index (χ1) is 9.00. The van der Waals surface area contributed by atoms with E-state index in [1.165, 1.54) is 6.07 Å². The van der Waals surface area contributed by atoms with E-state index in [1.807, 2.05) is 19.1 Å². The number of rotatable bonds is 3. The smallest absolute Gasteiger partial charge is 0.337 e. The molecule has 0 aliphatic carbocycles. The fraction of sp³-hybridized carbons (Fsp3) is 0.0667. The van der Waals surface area contributed by atoms with Crippen LogP contribution in [0, 0.1) is 6.92 Å². The highest BCUT2D eigenvalue weighted by Crippen LogP contribution is 2.27. The van der Waals surface area contributed by atoms with Gasteiger partial charge in [-0.3, -0.25) is 0 Å². The predicted molar refractivity (Wildman–Crippen MR) is 70.5 cm³/mol. The summed E-state index contributed by atoms with van der Waals surface area (Å²) in [6.07, 6.45) is 0. The number of aromatic carboxylic acids is 2. The molecule has 0 unspecified atom stereocenters. The maximum absolute atomic E-state index is 11.3. The van der Waals surface area contributed by atoms with Crippen LogP contribution < -0.4 is 0 Å². The fourth-order valence-corrected chi connectivity index (χ4v) is 1.93. The van der Waals surface area contributed by atoms with E-state index in [4.69, 9.17) is 5.11 Å². The van der Waals surface area contributed by atoms with E-state index >= 15 is 0 Å². The molecule has 2 aromatic carbocycles. The van der Waals surface area contributed by atoms with Gasteiger partial charge in [-0.25, -0.2) is 9.59 Å². The van der Waals surface area contributed by atoms with E-state index in [2.05, 4.69) is 0 Å². The summed E-state index contributed by atoms with van der Waals surface area (Å²) in [5.41, 5.74) is 1.76. The highest BCUT2D eigenvalue weighted by molar-refractivity contribution is 6.06. The Morgan fingerprint density at radius 1 is 0.895 bits per heavy atom. The molecule has 2 rings (SSSR count). The first-order valence-corrected chi connectivity index (χ1v) is 5.67. The molecular weight excluding hydrogens is 244 g/mol. The molecule has 0 aromatic heterocycles. The number of carboxylic acid groups (broad SMARTS) is 2. The van der Waals surface area contributed by atoms with Crippen LogP contribution in [-0.4, -0.2) is 22.2 Å². The van der Waals surface area contributed by atoms with Crippen LogP contribution in [0.15, 0.2) is 42.5 Å². The van der Waals surface area contributed by atoms with Crippen LogP contribution in [0.2, 0.25) is 0 Å². The molecule has 0 heterocycles. The topological polar surface area (TPSA) is 74.6 Å². The van der Waals surface area contributed by atoms with Crippen molar-refractivity contribution < 1.29 is 19.8 Å². The Morgan fingerprint density at radius 3 is 2.05 bits per heavy atom. The van der Waals surface area contributed by atoms with E-state index < -0.39 is 11.9 Å². The Morgan fingerprint density at radius 2 is 1.53 bits per heavy atom. The number of hydrogen-bond acceptors (Lipinski definition) is 2. The molecule has 4 nitrogen and oxygen atoms in total. The molecule has 0 spiro atoms. The Labute approximate surface area is 109 Å². The van der Waals surface area contributed by atoms with Crippen molar-refractivity contribution in [3.8, 4) is 11.1 Å². The van der Waals surface area contributed by atoms with Gasteiger partial charge in [0.1, 0.15) is 0 Å². The van der Waals surface area contributed by atoms with E-state index in [0.717, 1.165) is 5.56 Å². The third-order valence-corrected chi connectivity index (χ3v) is 2.87. The predicted octanol–water partition coefficient (Wildman–Crippen LogP) is 3.06. The minimum absolute atomic E-state index is 0.182. The molecule has 19 heavy (non-hydrogen) atoms. The minimum atomic E-state index is -1.24. The average molecular weight is 256 g/mol. The maximum Gasteiger partial charge on any atom is 0.337 e. The molecule has 0 saturated heterocycles. The van der Waals surface area contributed by atoms with Crippen molar-refractivity contribution in [3.05, 3.63) is 59.2 Å². The van der Waals surface area contributed by atoms with Gasteiger partial charge in [0.25, 0.3) is 0 Å². The molecule has 0 amide bonds. The number of carboxylic acids is 2. The lowest BCUT2D eigenvalue weighted by molar-refractivity contribution is 0.0652. The molecule has 4 heteroatoms. The molecule has 96 valence electrons. The Balaban J connectivity index is 2.69. The molecule has 0 aliphatic rings. The summed E-state index contributed by atoms with van der Waals surface area (Å²) >= 11 is 0. The largest absolute Gasteiger partial charge is 0.478 e. The second-order valence-electron chi connectivity index (χ2n) is 4.20. The second-order valence-corrected chi connectivity index (χ2v) is 4.20. The van der Waals surface area contributed by atoms with Gasteiger partial charge in [0, 0.05) is 0 Å². The molecular formula is C15H12O4. The Kier molecular flexibility index (Phi) is 3.33. The van der Waals surface area contributed by atoms with Gasteiger partial charge in [0.2, 0.25) is 0 Å². The fourth-order valence-electron chi connectivity index (χ4n) is 1.93. The minimum Gasteiger partial charge on any atom is -0.478 e. The van der Waals surface area contributed by atoms with Crippen LogP contribution in [0.4, 0.5) is 0 Å². The number of carbonyl (C=O) groups is 2. The molecule has 2 N–H and O–H groups in total. The maximum atomic E-state index is 11.3. The lowest BCUT2D eigenvalue weighted by Crippen LogP contribution is -2.09. The second kappa shape index (κ2) is 4.94. The van der Waals surface area contributed by atoms with Crippen LogP contribution in [0.5, 0.6) is 0 Å². The molecule has 0 saturated carbocycles. The number of benzene rings is 2. The zero-order chi connectivity index (χ0) is 14.0. The van der Waals surface area contributed by atoms with Crippen LogP contribution >= 0.6 is 0 Å². The lowest BCUT2D eigenvalue weighted by Gasteiger charge is -2.09. The van der Waals surface area contributed by atoms with E-state index in [1.54, 1.807) is 24.3 Å². The van der Waals surface area contributed by atoms with Crippen LogP contribution in [0.3, 0.4) is 0 Å². The quantitative estimate of drug-likeness (QED) is 0.885. The standard InChI is InChI=1S/C15H12O4/c1-9-5-7-10(8-6-9)11-3-2-4-12(14(16)17)13(11)15(18)19/h2-8H,1H3,(H,16,17)(H,18,19). The van der Waals surface area contributed by atoms with E-state index in [9.17, 15) is 14.7 Å². The summed E-state index contributed by atoms with van der Waals surface area (Å²) in [6, 6.07) is 11.7. The van der Waals surface area contributed by atoms with Gasteiger partial charge in [-0.1, -0.05) is 42.0 Å². The Hall–Kier alpha value is -2.62. The molecule has 0 bridgehead atoms. The molecule has 2 aromatic rings. The van der Waals surface area contributed by atoms with Crippen molar-refractivity contribution in [2.45, 2.75) is 6.92 Å². The first-order valence-electron chi connectivity index (χ1n) is 5.67. The van der Waals surface area contributed by atoms with Gasteiger partial charge in [0.05, 0.1) is 11.1 Å². The SMILES string of the molecule is Cc1ccc(-c2cccc(C(=O)O)c2C(=O)O)cc1. The third kappa shape index (κ3) is 2.47. The number of hydrogen-bond donors (Lipinski definition) is 2. The van der Waals surface area contributed by atoms with E-state index in [0.29, 0.717) is 11.1 Å². The first kappa shape index (κ1) is 12.8. The summed E-state index contributed by atoms with van der Waals surface area (Å²) in [4.78, 5) is 22.4. The average Bonchev–Trinajstić information content (AvgIpc) is 2.38. The summed E-state index contributed by atoms with van der Waals surface area (Å²) in [5.74, 6) is -2.49. The monoisotopic (exact) mass is 256 g/mol. The molecule has 0 radical (unpaired) electrons. The normalized spacial score (nSPS) is 10.2. The van der Waals surface area contributed by atoms with Crippen molar-refractivity contribution in [1.29, 1.82) is 0 Å². The van der Waals surface area contributed by atoms with Gasteiger partial charge in [-0.05, 0) is 24.1 Å². The van der Waals surface area contributed by atoms with E-state index in [-0.39, 0.29) is 11.1 Å². The molecule has 0 fully saturated rings. The highest BCUT2D eigenvalue weighted by atomic mass is 16.4. The van der Waals surface area contributed by atoms with Gasteiger partial charge < -0.3 is 10.2 Å².